The van der Waals surface area contributed by atoms with Crippen LogP contribution in [0.4, 0.5) is 0 Å². The first-order chi connectivity index (χ1) is 14.2. The molecule has 1 heterocycles. The Kier molecular flexibility index (Phi) is 5.63. The average molecular weight is 382 g/mol. The first-order valence-electron chi connectivity index (χ1n) is 9.65. The third-order valence-electron chi connectivity index (χ3n) is 5.03. The molecule has 1 aromatic heterocycles. The molecule has 1 unspecified atom stereocenters. The molecular formula is C25H22N2O2. The van der Waals surface area contributed by atoms with Gasteiger partial charge in [-0.25, -0.2) is 4.79 Å². The number of hydrogen-bond acceptors (Lipinski definition) is 3. The molecule has 1 atom stereocenters. The van der Waals surface area contributed by atoms with Gasteiger partial charge in [0.15, 0.2) is 0 Å². The maximum Gasteiger partial charge on any atom is 0.336 e. The van der Waals surface area contributed by atoms with E-state index in [-0.39, 0.29) is 6.04 Å². The fourth-order valence-electron chi connectivity index (χ4n) is 3.56. The molecule has 0 saturated heterocycles. The van der Waals surface area contributed by atoms with Gasteiger partial charge in [0.25, 0.3) is 0 Å². The van der Waals surface area contributed by atoms with Gasteiger partial charge in [0.05, 0.1) is 11.1 Å². The number of nitrogens with zero attached hydrogens (tertiary/aromatic N) is 1. The molecule has 0 amide bonds. The van der Waals surface area contributed by atoms with Crippen LogP contribution in [0.2, 0.25) is 0 Å². The first-order valence-corrected chi connectivity index (χ1v) is 9.65. The molecule has 0 spiro atoms. The Labute approximate surface area is 169 Å². The average Bonchev–Trinajstić information content (AvgIpc) is 2.77. The van der Waals surface area contributed by atoms with Gasteiger partial charge in [-0.1, -0.05) is 72.8 Å². The van der Waals surface area contributed by atoms with E-state index in [2.05, 4.69) is 23.5 Å². The number of pyridine rings is 1. The quantitative estimate of drug-likeness (QED) is 0.472. The lowest BCUT2D eigenvalue weighted by atomic mass is 9.96. The molecule has 144 valence electrons. The van der Waals surface area contributed by atoms with Crippen molar-refractivity contribution in [2.45, 2.75) is 19.0 Å². The number of para-hydroxylation sites is 1. The van der Waals surface area contributed by atoms with E-state index in [4.69, 9.17) is 4.98 Å². The molecule has 0 fully saturated rings. The highest BCUT2D eigenvalue weighted by Gasteiger charge is 2.19. The van der Waals surface area contributed by atoms with Crippen LogP contribution in [0.25, 0.3) is 10.9 Å². The second kappa shape index (κ2) is 8.67. The predicted molar refractivity (Wildman–Crippen MR) is 115 cm³/mol. The second-order valence-electron chi connectivity index (χ2n) is 7.01. The normalized spacial score (nSPS) is 12.0. The number of carboxylic acid groups (broad SMARTS) is 1. The summed E-state index contributed by atoms with van der Waals surface area (Å²) in [5.74, 6) is -0.918. The van der Waals surface area contributed by atoms with Crippen LogP contribution >= 0.6 is 0 Å². The monoisotopic (exact) mass is 382 g/mol. The lowest BCUT2D eigenvalue weighted by molar-refractivity contribution is 0.0694. The molecule has 4 nitrogen and oxygen atoms in total. The molecule has 3 aromatic carbocycles. The zero-order valence-corrected chi connectivity index (χ0v) is 16.0. The van der Waals surface area contributed by atoms with Gasteiger partial charge < -0.3 is 10.4 Å². The van der Waals surface area contributed by atoms with Crippen LogP contribution in [0.1, 0.15) is 33.2 Å². The number of benzene rings is 3. The largest absolute Gasteiger partial charge is 0.478 e. The van der Waals surface area contributed by atoms with Gasteiger partial charge in [0.1, 0.15) is 0 Å². The molecule has 0 bridgehead atoms. The van der Waals surface area contributed by atoms with Crippen LogP contribution in [0, 0.1) is 0 Å². The topological polar surface area (TPSA) is 62.2 Å². The van der Waals surface area contributed by atoms with E-state index in [0.717, 1.165) is 27.7 Å². The van der Waals surface area contributed by atoms with Crippen molar-refractivity contribution in [3.05, 3.63) is 113 Å². The van der Waals surface area contributed by atoms with Crippen molar-refractivity contribution in [3.8, 4) is 0 Å². The van der Waals surface area contributed by atoms with E-state index in [1.54, 1.807) is 12.1 Å². The Morgan fingerprint density at radius 2 is 1.59 bits per heavy atom. The first kappa shape index (κ1) is 18.8. The second-order valence-corrected chi connectivity index (χ2v) is 7.01. The summed E-state index contributed by atoms with van der Waals surface area (Å²) in [4.78, 5) is 16.6. The molecule has 0 saturated carbocycles. The fourth-order valence-corrected chi connectivity index (χ4v) is 3.56. The Balaban J connectivity index is 1.66. The highest BCUT2D eigenvalue weighted by molar-refractivity contribution is 5.89. The molecule has 4 aromatic rings. The van der Waals surface area contributed by atoms with Gasteiger partial charge in [-0.3, -0.25) is 4.98 Å². The van der Waals surface area contributed by atoms with Crippen molar-refractivity contribution in [1.29, 1.82) is 0 Å². The minimum atomic E-state index is -0.918. The minimum absolute atomic E-state index is 0.170. The fraction of sp³-hybridized carbons (Fsp3) is 0.120. The molecular weight excluding hydrogens is 360 g/mol. The van der Waals surface area contributed by atoms with Gasteiger partial charge >= 0.3 is 5.97 Å². The SMILES string of the molecule is O=C(O)c1ccccc1C(Cc1ccc2ccccc2n1)NCc1ccccc1. The molecule has 29 heavy (non-hydrogen) atoms. The summed E-state index contributed by atoms with van der Waals surface area (Å²) in [7, 11) is 0. The van der Waals surface area contributed by atoms with Crippen molar-refractivity contribution < 1.29 is 9.90 Å². The van der Waals surface area contributed by atoms with Crippen LogP contribution in [0.15, 0.2) is 91.0 Å². The summed E-state index contributed by atoms with van der Waals surface area (Å²) in [5.41, 5.74) is 4.11. The van der Waals surface area contributed by atoms with Crippen LogP contribution in [0.5, 0.6) is 0 Å². The summed E-state index contributed by atoms with van der Waals surface area (Å²) in [5, 5.41) is 14.3. The molecule has 0 aliphatic carbocycles. The van der Waals surface area contributed by atoms with E-state index in [1.165, 1.54) is 0 Å². The number of carboxylic acids is 1. The van der Waals surface area contributed by atoms with Gasteiger partial charge in [-0.2, -0.15) is 0 Å². The van der Waals surface area contributed by atoms with Crippen LogP contribution in [0.3, 0.4) is 0 Å². The minimum Gasteiger partial charge on any atom is -0.478 e. The number of fused-ring (bicyclic) bond motifs is 1. The van der Waals surface area contributed by atoms with Gasteiger partial charge in [-0.15, -0.1) is 0 Å². The van der Waals surface area contributed by atoms with Crippen molar-refractivity contribution in [3.63, 3.8) is 0 Å². The molecule has 0 aliphatic heterocycles. The molecule has 4 rings (SSSR count). The van der Waals surface area contributed by atoms with Crippen molar-refractivity contribution >= 4 is 16.9 Å². The smallest absolute Gasteiger partial charge is 0.336 e. The molecule has 0 radical (unpaired) electrons. The number of carbonyl (C=O) groups is 1. The molecule has 0 aliphatic rings. The van der Waals surface area contributed by atoms with E-state index < -0.39 is 5.97 Å². The van der Waals surface area contributed by atoms with Gasteiger partial charge in [0, 0.05) is 30.1 Å². The number of rotatable bonds is 7. The number of aromatic carboxylic acids is 1. The summed E-state index contributed by atoms with van der Waals surface area (Å²) < 4.78 is 0. The van der Waals surface area contributed by atoms with E-state index in [9.17, 15) is 9.90 Å². The van der Waals surface area contributed by atoms with Gasteiger partial charge in [0.2, 0.25) is 0 Å². The van der Waals surface area contributed by atoms with Crippen LogP contribution in [-0.4, -0.2) is 16.1 Å². The van der Waals surface area contributed by atoms with E-state index in [0.29, 0.717) is 18.5 Å². The molecule has 2 N–H and O–H groups in total. The zero-order valence-electron chi connectivity index (χ0n) is 16.0. The Bertz CT molecular complexity index is 1130. The number of hydrogen-bond donors (Lipinski definition) is 2. The standard InChI is InChI=1S/C25H22N2O2/c28-25(29)22-12-6-5-11-21(22)24(26-17-18-8-2-1-3-9-18)16-20-15-14-19-10-4-7-13-23(19)27-20/h1-15,24,26H,16-17H2,(H,28,29). The maximum atomic E-state index is 11.8. The summed E-state index contributed by atoms with van der Waals surface area (Å²) in [6, 6.07) is 29.2. The highest BCUT2D eigenvalue weighted by atomic mass is 16.4. The Hall–Kier alpha value is -3.50. The molecule has 4 heteroatoms. The maximum absolute atomic E-state index is 11.8. The predicted octanol–water partition coefficient (Wildman–Crippen LogP) is 5.01. The Morgan fingerprint density at radius 1 is 0.862 bits per heavy atom. The summed E-state index contributed by atoms with van der Waals surface area (Å²) in [6.07, 6.45) is 0.599. The van der Waals surface area contributed by atoms with Crippen LogP contribution < -0.4 is 5.32 Å². The zero-order chi connectivity index (χ0) is 20.1. The number of aromatic nitrogens is 1. The third kappa shape index (κ3) is 4.50. The van der Waals surface area contributed by atoms with Crippen LogP contribution in [-0.2, 0) is 13.0 Å². The summed E-state index contributed by atoms with van der Waals surface area (Å²) in [6.45, 7) is 0.646. The lowest BCUT2D eigenvalue weighted by Gasteiger charge is -2.21. The van der Waals surface area contributed by atoms with Crippen molar-refractivity contribution in [1.82, 2.24) is 10.3 Å². The van der Waals surface area contributed by atoms with E-state index >= 15 is 0 Å². The Morgan fingerprint density at radius 3 is 2.41 bits per heavy atom. The van der Waals surface area contributed by atoms with Crippen molar-refractivity contribution in [2.75, 3.05) is 0 Å². The highest BCUT2D eigenvalue weighted by Crippen LogP contribution is 2.24. The van der Waals surface area contributed by atoms with Crippen molar-refractivity contribution in [2.24, 2.45) is 0 Å². The van der Waals surface area contributed by atoms with Gasteiger partial charge in [-0.05, 0) is 29.3 Å². The number of nitrogens with one attached hydrogen (secondary N) is 1. The van der Waals surface area contributed by atoms with E-state index in [1.807, 2.05) is 60.7 Å². The summed E-state index contributed by atoms with van der Waals surface area (Å²) >= 11 is 0. The third-order valence-corrected chi connectivity index (χ3v) is 5.03. The lowest BCUT2D eigenvalue weighted by Crippen LogP contribution is -2.25.